The first-order valence-corrected chi connectivity index (χ1v) is 6.32. The highest BCUT2D eigenvalue weighted by molar-refractivity contribution is 5.39. The SMILES string of the molecule is CC(C)(C)c1ccccc1C(O)c1ccccc1. The van der Waals surface area contributed by atoms with E-state index in [9.17, 15) is 5.11 Å². The van der Waals surface area contributed by atoms with E-state index in [1.54, 1.807) is 0 Å². The Bertz CT molecular complexity index is 509. The van der Waals surface area contributed by atoms with Gasteiger partial charge in [-0.3, -0.25) is 0 Å². The molecule has 1 heteroatoms. The van der Waals surface area contributed by atoms with Crippen molar-refractivity contribution in [2.75, 3.05) is 0 Å². The fourth-order valence-corrected chi connectivity index (χ4v) is 2.23. The number of hydrogen-bond donors (Lipinski definition) is 1. The Kier molecular flexibility index (Phi) is 3.53. The first kappa shape index (κ1) is 12.8. The van der Waals surface area contributed by atoms with E-state index < -0.39 is 6.10 Å². The monoisotopic (exact) mass is 240 g/mol. The van der Waals surface area contributed by atoms with Crippen LogP contribution in [-0.2, 0) is 5.41 Å². The Morgan fingerprint density at radius 1 is 0.833 bits per heavy atom. The topological polar surface area (TPSA) is 20.2 Å². The van der Waals surface area contributed by atoms with Crippen molar-refractivity contribution < 1.29 is 5.11 Å². The van der Waals surface area contributed by atoms with Crippen molar-refractivity contribution in [2.45, 2.75) is 32.3 Å². The molecule has 2 aromatic carbocycles. The maximum absolute atomic E-state index is 10.5. The third kappa shape index (κ3) is 2.62. The smallest absolute Gasteiger partial charge is 0.104 e. The number of benzene rings is 2. The summed E-state index contributed by atoms with van der Waals surface area (Å²) in [4.78, 5) is 0. The van der Waals surface area contributed by atoms with Gasteiger partial charge in [-0.2, -0.15) is 0 Å². The molecule has 18 heavy (non-hydrogen) atoms. The first-order valence-electron chi connectivity index (χ1n) is 6.32. The van der Waals surface area contributed by atoms with E-state index in [0.29, 0.717) is 0 Å². The second-order valence-corrected chi connectivity index (χ2v) is 5.65. The van der Waals surface area contributed by atoms with Crippen LogP contribution in [0.5, 0.6) is 0 Å². The van der Waals surface area contributed by atoms with Gasteiger partial charge in [0.2, 0.25) is 0 Å². The van der Waals surface area contributed by atoms with Crippen molar-refractivity contribution in [2.24, 2.45) is 0 Å². The third-order valence-electron chi connectivity index (χ3n) is 3.18. The molecule has 1 unspecified atom stereocenters. The highest BCUT2D eigenvalue weighted by Crippen LogP contribution is 2.32. The van der Waals surface area contributed by atoms with Crippen molar-refractivity contribution >= 4 is 0 Å². The zero-order valence-electron chi connectivity index (χ0n) is 11.2. The van der Waals surface area contributed by atoms with Crippen LogP contribution in [0.25, 0.3) is 0 Å². The van der Waals surface area contributed by atoms with Crippen molar-refractivity contribution in [3.05, 3.63) is 71.3 Å². The highest BCUT2D eigenvalue weighted by atomic mass is 16.3. The molecule has 0 aromatic heterocycles. The lowest BCUT2D eigenvalue weighted by Gasteiger charge is -2.25. The van der Waals surface area contributed by atoms with Crippen LogP contribution in [0.3, 0.4) is 0 Å². The number of aliphatic hydroxyl groups is 1. The Morgan fingerprint density at radius 3 is 2.00 bits per heavy atom. The predicted molar refractivity (Wildman–Crippen MR) is 75.6 cm³/mol. The molecule has 1 atom stereocenters. The number of aliphatic hydroxyl groups excluding tert-OH is 1. The van der Waals surface area contributed by atoms with Gasteiger partial charge < -0.3 is 5.11 Å². The lowest BCUT2D eigenvalue weighted by molar-refractivity contribution is 0.217. The second-order valence-electron chi connectivity index (χ2n) is 5.65. The lowest BCUT2D eigenvalue weighted by Crippen LogP contribution is -2.16. The minimum absolute atomic E-state index is 0.0341. The van der Waals surface area contributed by atoms with Gasteiger partial charge in [0.25, 0.3) is 0 Å². The molecular formula is C17H20O. The van der Waals surface area contributed by atoms with Crippen LogP contribution in [0, 0.1) is 0 Å². The Balaban J connectivity index is 2.46. The molecule has 1 N–H and O–H groups in total. The molecule has 0 aliphatic carbocycles. The van der Waals surface area contributed by atoms with Crippen LogP contribution in [0.1, 0.15) is 43.6 Å². The summed E-state index contributed by atoms with van der Waals surface area (Å²) in [5.74, 6) is 0. The van der Waals surface area contributed by atoms with Gasteiger partial charge in [0.15, 0.2) is 0 Å². The van der Waals surface area contributed by atoms with Crippen LogP contribution in [0.2, 0.25) is 0 Å². The fourth-order valence-electron chi connectivity index (χ4n) is 2.23. The minimum atomic E-state index is -0.554. The summed E-state index contributed by atoms with van der Waals surface area (Å²) < 4.78 is 0. The Morgan fingerprint density at radius 2 is 1.39 bits per heavy atom. The van der Waals surface area contributed by atoms with Gasteiger partial charge in [0.05, 0.1) is 0 Å². The van der Waals surface area contributed by atoms with Gasteiger partial charge in [-0.15, -0.1) is 0 Å². The van der Waals surface area contributed by atoms with Crippen LogP contribution in [0.15, 0.2) is 54.6 Å². The van der Waals surface area contributed by atoms with Gasteiger partial charge >= 0.3 is 0 Å². The fraction of sp³-hybridized carbons (Fsp3) is 0.294. The Hall–Kier alpha value is -1.60. The van der Waals surface area contributed by atoms with E-state index in [1.807, 2.05) is 48.5 Å². The first-order chi connectivity index (χ1) is 8.50. The molecule has 0 radical (unpaired) electrons. The zero-order valence-corrected chi connectivity index (χ0v) is 11.2. The maximum Gasteiger partial charge on any atom is 0.104 e. The van der Waals surface area contributed by atoms with Crippen molar-refractivity contribution in [3.63, 3.8) is 0 Å². The number of hydrogen-bond acceptors (Lipinski definition) is 1. The standard InChI is InChI=1S/C17H20O/c1-17(2,3)15-12-8-7-11-14(15)16(18)13-9-5-4-6-10-13/h4-12,16,18H,1-3H3. The molecule has 0 spiro atoms. The molecule has 2 rings (SSSR count). The summed E-state index contributed by atoms with van der Waals surface area (Å²) in [6.07, 6.45) is -0.554. The van der Waals surface area contributed by atoms with Gasteiger partial charge in [-0.1, -0.05) is 75.4 Å². The zero-order chi connectivity index (χ0) is 13.2. The molecule has 2 aromatic rings. The van der Waals surface area contributed by atoms with E-state index in [1.165, 1.54) is 5.56 Å². The lowest BCUT2D eigenvalue weighted by atomic mass is 9.81. The second kappa shape index (κ2) is 4.95. The van der Waals surface area contributed by atoms with E-state index in [4.69, 9.17) is 0 Å². The summed E-state index contributed by atoms with van der Waals surface area (Å²) in [6.45, 7) is 6.51. The van der Waals surface area contributed by atoms with Crippen molar-refractivity contribution in [3.8, 4) is 0 Å². The van der Waals surface area contributed by atoms with E-state index in [0.717, 1.165) is 11.1 Å². The molecule has 0 fully saturated rings. The summed E-state index contributed by atoms with van der Waals surface area (Å²) in [5, 5.41) is 10.5. The molecular weight excluding hydrogens is 220 g/mol. The van der Waals surface area contributed by atoms with E-state index >= 15 is 0 Å². The largest absolute Gasteiger partial charge is 0.384 e. The molecule has 0 aliphatic heterocycles. The third-order valence-corrected chi connectivity index (χ3v) is 3.18. The molecule has 0 saturated heterocycles. The van der Waals surface area contributed by atoms with Crippen LogP contribution >= 0.6 is 0 Å². The molecule has 0 aliphatic rings. The predicted octanol–water partition coefficient (Wildman–Crippen LogP) is 4.07. The van der Waals surface area contributed by atoms with Gasteiger partial charge in [-0.25, -0.2) is 0 Å². The van der Waals surface area contributed by atoms with Gasteiger partial charge in [-0.05, 0) is 22.1 Å². The van der Waals surface area contributed by atoms with E-state index in [2.05, 4.69) is 26.8 Å². The highest BCUT2D eigenvalue weighted by Gasteiger charge is 2.21. The Labute approximate surface area is 109 Å². The molecule has 0 amide bonds. The molecule has 0 heterocycles. The number of rotatable bonds is 2. The van der Waals surface area contributed by atoms with Crippen LogP contribution < -0.4 is 0 Å². The summed E-state index contributed by atoms with van der Waals surface area (Å²) in [6, 6.07) is 17.9. The summed E-state index contributed by atoms with van der Waals surface area (Å²) in [7, 11) is 0. The average Bonchev–Trinajstić information content (AvgIpc) is 2.38. The summed E-state index contributed by atoms with van der Waals surface area (Å²) in [5.41, 5.74) is 3.17. The molecule has 0 bridgehead atoms. The van der Waals surface area contributed by atoms with Crippen LogP contribution in [-0.4, -0.2) is 5.11 Å². The average molecular weight is 240 g/mol. The van der Waals surface area contributed by atoms with Crippen LogP contribution in [0.4, 0.5) is 0 Å². The minimum Gasteiger partial charge on any atom is -0.384 e. The van der Waals surface area contributed by atoms with Crippen molar-refractivity contribution in [1.82, 2.24) is 0 Å². The van der Waals surface area contributed by atoms with Crippen molar-refractivity contribution in [1.29, 1.82) is 0 Å². The normalized spacial score (nSPS) is 13.3. The van der Waals surface area contributed by atoms with Gasteiger partial charge in [0.1, 0.15) is 6.10 Å². The summed E-state index contributed by atoms with van der Waals surface area (Å²) >= 11 is 0. The quantitative estimate of drug-likeness (QED) is 0.839. The maximum atomic E-state index is 10.5. The van der Waals surface area contributed by atoms with E-state index in [-0.39, 0.29) is 5.41 Å². The van der Waals surface area contributed by atoms with Gasteiger partial charge in [0, 0.05) is 0 Å². The molecule has 0 saturated carbocycles. The molecule has 94 valence electrons. The molecule has 1 nitrogen and oxygen atoms in total.